The van der Waals surface area contributed by atoms with E-state index in [1.807, 2.05) is 152 Å². The van der Waals surface area contributed by atoms with Gasteiger partial charge in [-0.15, -0.1) is 11.8 Å². The van der Waals surface area contributed by atoms with Crippen LogP contribution in [0.5, 0.6) is 0 Å². The molecular formula is C62H72N4O9S2Si. The Morgan fingerprint density at radius 1 is 0.590 bits per heavy atom. The van der Waals surface area contributed by atoms with Crippen molar-refractivity contribution in [2.75, 3.05) is 45.4 Å². The fourth-order valence-electron chi connectivity index (χ4n) is 9.29. The highest BCUT2D eigenvalue weighted by molar-refractivity contribution is 8.14. The normalized spacial score (nSPS) is 13.0. The zero-order chi connectivity index (χ0) is 56.5. The van der Waals surface area contributed by atoms with Gasteiger partial charge in [0.15, 0.2) is 6.04 Å². The minimum atomic E-state index is -3.27. The Morgan fingerprint density at radius 2 is 1.04 bits per heavy atom. The fraction of sp³-hybridized carbons (Fsp3) is 0.323. The maximum Gasteiger partial charge on any atom is 0.408 e. The lowest BCUT2D eigenvalue weighted by molar-refractivity contribution is -0.157. The molecule has 2 N–H and O–H groups in total. The molecule has 0 saturated carbocycles. The molecule has 0 aliphatic heterocycles. The molecule has 0 spiro atoms. The van der Waals surface area contributed by atoms with Crippen molar-refractivity contribution in [3.8, 4) is 0 Å². The van der Waals surface area contributed by atoms with E-state index >= 15 is 4.79 Å². The molecule has 0 heterocycles. The SMILES string of the molecule is CCOC(=O)[C@H](CO[Si](c1ccccc1)(c1ccccc1)C(C)(C)C)N(C)C(=O)[C@H](CSC(c1ccccc1)(c1ccccc1)c1ccccc1)N(C)C(=O)CNC(=O)[C@H](CSC(=O)c1ccccc1)NC(=O)OC(C)(C)C. The first-order valence-corrected chi connectivity index (χ1v) is 29.8. The van der Waals surface area contributed by atoms with E-state index in [0.29, 0.717) is 5.56 Å². The summed E-state index contributed by atoms with van der Waals surface area (Å²) in [6.07, 6.45) is -0.890. The van der Waals surface area contributed by atoms with Gasteiger partial charge in [-0.2, -0.15) is 0 Å². The highest BCUT2D eigenvalue weighted by atomic mass is 32.2. The maximum absolute atomic E-state index is 15.8. The molecule has 0 unspecified atom stereocenters. The Balaban J connectivity index is 1.39. The number of alkyl carbamates (subject to hydrolysis) is 1. The summed E-state index contributed by atoms with van der Waals surface area (Å²) >= 11 is 2.29. The number of hydrogen-bond donors (Lipinski definition) is 2. The van der Waals surface area contributed by atoms with Crippen LogP contribution in [0.3, 0.4) is 0 Å². The molecule has 0 saturated heterocycles. The van der Waals surface area contributed by atoms with Gasteiger partial charge in [0.1, 0.15) is 17.7 Å². The van der Waals surface area contributed by atoms with Crippen molar-refractivity contribution in [3.05, 3.63) is 204 Å². The van der Waals surface area contributed by atoms with Gasteiger partial charge in [0.25, 0.3) is 8.32 Å². The van der Waals surface area contributed by atoms with Gasteiger partial charge < -0.3 is 34.3 Å². The number of hydrogen-bond acceptors (Lipinski definition) is 11. The first-order chi connectivity index (χ1) is 37.2. The second-order valence-corrected chi connectivity index (χ2v) is 27.2. The van der Waals surface area contributed by atoms with Crippen LogP contribution in [0.25, 0.3) is 0 Å². The van der Waals surface area contributed by atoms with Gasteiger partial charge in [-0.05, 0) is 59.8 Å². The lowest BCUT2D eigenvalue weighted by Crippen LogP contribution is -2.68. The fourth-order valence-corrected chi connectivity index (χ4v) is 16.4. The number of benzene rings is 6. The number of nitrogens with one attached hydrogen (secondary N) is 2. The third kappa shape index (κ3) is 15.0. The third-order valence-corrected chi connectivity index (χ3v) is 20.8. The second kappa shape index (κ2) is 27.6. The molecule has 13 nitrogen and oxygen atoms in total. The number of carbonyl (C=O) groups excluding carboxylic acids is 6. The first-order valence-electron chi connectivity index (χ1n) is 26.0. The van der Waals surface area contributed by atoms with Crippen LogP contribution in [0.1, 0.15) is 75.5 Å². The number of ether oxygens (including phenoxy) is 2. The van der Waals surface area contributed by atoms with Crippen molar-refractivity contribution < 1.29 is 42.7 Å². The van der Waals surface area contributed by atoms with Crippen LogP contribution in [-0.4, -0.2) is 122 Å². The van der Waals surface area contributed by atoms with Crippen molar-refractivity contribution in [2.24, 2.45) is 0 Å². The number of thioether (sulfide) groups is 2. The van der Waals surface area contributed by atoms with E-state index in [9.17, 15) is 24.0 Å². The number of likely N-dealkylation sites (N-methyl/N-ethyl adjacent to an activating group) is 2. The summed E-state index contributed by atoms with van der Waals surface area (Å²) in [6, 6.07) is 54.4. The Kier molecular flexibility index (Phi) is 21.3. The molecule has 6 aromatic carbocycles. The van der Waals surface area contributed by atoms with Gasteiger partial charge in [-0.1, -0.05) is 215 Å². The van der Waals surface area contributed by atoms with Crippen molar-refractivity contribution in [1.82, 2.24) is 20.4 Å². The summed E-state index contributed by atoms with van der Waals surface area (Å²) in [5.41, 5.74) is 2.27. The lowest BCUT2D eigenvalue weighted by Gasteiger charge is -2.44. The zero-order valence-corrected chi connectivity index (χ0v) is 48.6. The Morgan fingerprint density at radius 3 is 1.47 bits per heavy atom. The highest BCUT2D eigenvalue weighted by Crippen LogP contribution is 2.49. The standard InChI is InChI=1S/C62H72N4O9S2Si/c1-10-73-57(70)52(42-74-78(61(5,6)7,49-37-25-15-26-38-49)50-39-27-16-28-40-50)66(9)56(69)53(44-77-62(46-31-19-12-20-32-46,47-33-21-13-22-34-47)48-35-23-14-24-36-48)65(8)54(67)41-63-55(68)51(64-59(72)75-60(2,3)4)43-76-58(71)45-29-17-11-18-30-45/h11-40,51-53H,10,41-44H2,1-9H3,(H,63,68)(H,64,72)/t51-,52-,53-/m0/s1. The molecule has 3 atom stereocenters. The van der Waals surface area contributed by atoms with E-state index < -0.39 is 78.2 Å². The van der Waals surface area contributed by atoms with Gasteiger partial charge in [0.05, 0.1) is 24.5 Å². The van der Waals surface area contributed by atoms with Gasteiger partial charge in [-0.25, -0.2) is 9.59 Å². The number of nitrogens with zero attached hydrogens (tertiary/aromatic N) is 2. The monoisotopic (exact) mass is 1110 g/mol. The Labute approximate surface area is 469 Å². The predicted octanol–water partition coefficient (Wildman–Crippen LogP) is 9.09. The molecule has 410 valence electrons. The molecule has 0 fully saturated rings. The van der Waals surface area contributed by atoms with E-state index in [1.165, 1.54) is 35.7 Å². The predicted molar refractivity (Wildman–Crippen MR) is 314 cm³/mol. The molecule has 78 heavy (non-hydrogen) atoms. The average molecular weight is 1110 g/mol. The van der Waals surface area contributed by atoms with Crippen LogP contribution in [0, 0.1) is 0 Å². The van der Waals surface area contributed by atoms with Crippen LogP contribution < -0.4 is 21.0 Å². The van der Waals surface area contributed by atoms with Crippen molar-refractivity contribution in [3.63, 3.8) is 0 Å². The highest BCUT2D eigenvalue weighted by Gasteiger charge is 2.51. The summed E-state index contributed by atoms with van der Waals surface area (Å²) in [4.78, 5) is 87.9. The molecule has 0 aliphatic carbocycles. The van der Waals surface area contributed by atoms with Gasteiger partial charge in [0, 0.05) is 31.2 Å². The van der Waals surface area contributed by atoms with Crippen molar-refractivity contribution in [1.29, 1.82) is 0 Å². The van der Waals surface area contributed by atoms with E-state index in [-0.39, 0.29) is 29.8 Å². The van der Waals surface area contributed by atoms with Crippen LogP contribution in [0.2, 0.25) is 5.04 Å². The Hall–Kier alpha value is -6.98. The van der Waals surface area contributed by atoms with Crippen molar-refractivity contribution >= 4 is 77.1 Å². The number of amides is 4. The molecule has 4 amide bonds. The smallest absolute Gasteiger partial charge is 0.408 e. The molecule has 0 radical (unpaired) electrons. The summed E-state index contributed by atoms with van der Waals surface area (Å²) in [6.45, 7) is 12.3. The zero-order valence-electron chi connectivity index (χ0n) is 46.0. The van der Waals surface area contributed by atoms with Crippen LogP contribution in [-0.2, 0) is 37.8 Å². The molecule has 0 aromatic heterocycles. The molecule has 0 bridgehead atoms. The van der Waals surface area contributed by atoms with E-state index in [1.54, 1.807) is 58.0 Å². The molecular weight excluding hydrogens is 1040 g/mol. The molecule has 6 rings (SSSR count). The summed E-state index contributed by atoms with van der Waals surface area (Å²) in [5, 5.41) is 6.39. The van der Waals surface area contributed by atoms with Crippen molar-refractivity contribution in [2.45, 2.75) is 82.0 Å². The van der Waals surface area contributed by atoms with Gasteiger partial charge >= 0.3 is 12.1 Å². The average Bonchev–Trinajstić information content (AvgIpc) is 3.64. The summed E-state index contributed by atoms with van der Waals surface area (Å²) < 4.78 is 17.6. The van der Waals surface area contributed by atoms with Crippen LogP contribution >= 0.6 is 23.5 Å². The number of rotatable bonds is 23. The summed E-state index contributed by atoms with van der Waals surface area (Å²) in [7, 11) is -0.259. The van der Waals surface area contributed by atoms with E-state index in [2.05, 4.69) is 31.4 Å². The minimum Gasteiger partial charge on any atom is -0.464 e. The van der Waals surface area contributed by atoms with Gasteiger partial charge in [-0.3, -0.25) is 19.2 Å². The number of esters is 1. The topological polar surface area (TPSA) is 161 Å². The lowest BCUT2D eigenvalue weighted by atomic mass is 9.84. The largest absolute Gasteiger partial charge is 0.464 e. The van der Waals surface area contributed by atoms with E-state index in [4.69, 9.17) is 13.9 Å². The minimum absolute atomic E-state index is 0.00971. The number of carbonyl (C=O) groups is 6. The summed E-state index contributed by atoms with van der Waals surface area (Å²) in [5.74, 6) is -2.87. The third-order valence-electron chi connectivity index (χ3n) is 13.2. The van der Waals surface area contributed by atoms with Crippen LogP contribution in [0.4, 0.5) is 4.79 Å². The maximum atomic E-state index is 15.8. The second-order valence-electron chi connectivity index (χ2n) is 20.7. The van der Waals surface area contributed by atoms with E-state index in [0.717, 1.165) is 38.8 Å². The van der Waals surface area contributed by atoms with Gasteiger partial charge in [0.2, 0.25) is 22.8 Å². The molecule has 16 heteroatoms. The Bertz CT molecular complexity index is 2780. The quantitative estimate of drug-likeness (QED) is 0.0358. The molecule has 0 aliphatic rings. The van der Waals surface area contributed by atoms with Crippen LogP contribution in [0.15, 0.2) is 182 Å². The first kappa shape index (κ1) is 60.2. The molecule has 6 aromatic rings.